The van der Waals surface area contributed by atoms with Gasteiger partial charge in [-0.15, -0.1) is 0 Å². The van der Waals surface area contributed by atoms with Crippen LogP contribution in [0.5, 0.6) is 0 Å². The van der Waals surface area contributed by atoms with Gasteiger partial charge in [0.25, 0.3) is 5.91 Å². The summed E-state index contributed by atoms with van der Waals surface area (Å²) in [5, 5.41) is 30.6. The predicted octanol–water partition coefficient (Wildman–Crippen LogP) is -0.647. The first kappa shape index (κ1) is 25.2. The van der Waals surface area contributed by atoms with Crippen molar-refractivity contribution in [2.75, 3.05) is 6.61 Å². The average Bonchev–Trinajstić information content (AvgIpc) is 2.67. The minimum absolute atomic E-state index is 0.114. The van der Waals surface area contributed by atoms with Crippen molar-refractivity contribution in [3.8, 4) is 0 Å². The molecule has 13 nitrogen and oxygen atoms in total. The number of hydrogen-bond acceptors (Lipinski definition) is 7. The molecule has 1 aromatic rings. The minimum atomic E-state index is -4.83. The molecule has 0 aromatic heterocycles. The lowest BCUT2D eigenvalue weighted by Gasteiger charge is -2.21. The van der Waals surface area contributed by atoms with Crippen molar-refractivity contribution in [2.45, 2.75) is 31.5 Å². The number of nitrogens with two attached hydrogens (primary N) is 1. The third kappa shape index (κ3) is 8.68. The molecule has 0 spiro atoms. The molecule has 0 heterocycles. The summed E-state index contributed by atoms with van der Waals surface area (Å²) in [6, 6.07) is 2.50. The van der Waals surface area contributed by atoms with Crippen LogP contribution >= 0.6 is 7.75 Å². The molecule has 0 fully saturated rings. The van der Waals surface area contributed by atoms with Gasteiger partial charge in [0.05, 0.1) is 6.61 Å². The van der Waals surface area contributed by atoms with E-state index in [1.54, 1.807) is 17.2 Å². The smallest absolute Gasteiger partial charge is 0.403 e. The van der Waals surface area contributed by atoms with Crippen molar-refractivity contribution in [3.05, 3.63) is 35.4 Å². The van der Waals surface area contributed by atoms with Crippen molar-refractivity contribution in [1.82, 2.24) is 10.4 Å². The van der Waals surface area contributed by atoms with Crippen LogP contribution in [0.1, 0.15) is 28.8 Å². The van der Waals surface area contributed by atoms with Gasteiger partial charge in [-0.2, -0.15) is 0 Å². The lowest BCUT2D eigenvalue weighted by molar-refractivity contribution is -0.142. The number of carbonyl (C=O) groups is 4. The van der Waals surface area contributed by atoms with Crippen LogP contribution in [-0.2, 0) is 30.0 Å². The molecule has 0 aliphatic heterocycles. The summed E-state index contributed by atoms with van der Waals surface area (Å²) in [7, 11) is -4.83. The summed E-state index contributed by atoms with van der Waals surface area (Å²) in [6.45, 7) is -0.718. The molecule has 1 aromatic carbocycles. The summed E-state index contributed by atoms with van der Waals surface area (Å²) < 4.78 is 16.6. The molecule has 0 aliphatic carbocycles. The van der Waals surface area contributed by atoms with E-state index in [1.807, 2.05) is 0 Å². The van der Waals surface area contributed by atoms with Crippen LogP contribution in [0.2, 0.25) is 0 Å². The van der Waals surface area contributed by atoms with Gasteiger partial charge in [0.15, 0.2) is 6.04 Å². The first-order valence-electron chi connectivity index (χ1n) is 8.47. The second kappa shape index (κ2) is 11.4. The highest BCUT2D eigenvalue weighted by atomic mass is 31.2. The topological polar surface area (TPSA) is 226 Å². The Bertz CT molecular complexity index is 829. The Kier molecular flexibility index (Phi) is 9.56. The molecule has 3 atom stereocenters. The Labute approximate surface area is 170 Å². The van der Waals surface area contributed by atoms with Crippen molar-refractivity contribution in [1.29, 1.82) is 0 Å². The molecule has 1 unspecified atom stereocenters. The molecular weight excluding hydrogens is 425 g/mol. The normalized spacial score (nSPS) is 14.9. The second-order valence-electron chi connectivity index (χ2n) is 6.03. The van der Waals surface area contributed by atoms with Crippen LogP contribution in [0.3, 0.4) is 0 Å². The van der Waals surface area contributed by atoms with E-state index in [0.29, 0.717) is 0 Å². The number of carbonyl (C=O) groups excluding carboxylic acids is 1. The van der Waals surface area contributed by atoms with Crippen LogP contribution in [-0.4, -0.2) is 62.7 Å². The Balaban J connectivity index is 2.74. The zero-order valence-electron chi connectivity index (χ0n) is 15.6. The molecule has 1 amide bonds. The summed E-state index contributed by atoms with van der Waals surface area (Å²) in [5.74, 6) is -5.27. The maximum atomic E-state index is 12.2. The molecular formula is C16H22N3O10P. The largest absolute Gasteiger partial charge is 0.481 e. The third-order valence-electron chi connectivity index (χ3n) is 3.74. The maximum absolute atomic E-state index is 12.2. The fourth-order valence-corrected chi connectivity index (χ4v) is 3.19. The van der Waals surface area contributed by atoms with Gasteiger partial charge in [-0.25, -0.2) is 14.4 Å². The highest BCUT2D eigenvalue weighted by molar-refractivity contribution is 7.50. The molecule has 0 saturated heterocycles. The van der Waals surface area contributed by atoms with Gasteiger partial charge < -0.3 is 31.3 Å². The summed E-state index contributed by atoms with van der Waals surface area (Å²) in [5.41, 5.74) is 6.30. The Morgan fingerprint density at radius 2 is 1.60 bits per heavy atom. The zero-order chi connectivity index (χ0) is 22.9. The summed E-state index contributed by atoms with van der Waals surface area (Å²) >= 11 is 0. The summed E-state index contributed by atoms with van der Waals surface area (Å²) in [4.78, 5) is 54.8. The highest BCUT2D eigenvalue weighted by Gasteiger charge is 2.32. The van der Waals surface area contributed by atoms with Crippen LogP contribution in [0.4, 0.5) is 0 Å². The molecule has 30 heavy (non-hydrogen) atoms. The van der Waals surface area contributed by atoms with Crippen LogP contribution < -0.4 is 16.1 Å². The first-order valence-corrected chi connectivity index (χ1v) is 10.1. The maximum Gasteiger partial charge on any atom is 0.403 e. The van der Waals surface area contributed by atoms with Crippen molar-refractivity contribution >= 4 is 31.6 Å². The number of amides is 1. The average molecular weight is 447 g/mol. The van der Waals surface area contributed by atoms with E-state index in [4.69, 9.17) is 15.9 Å². The SMILES string of the molecule is NCc1ccc(C(=O)N[C@@H](COP(=O)(O)N[C@@H](CCC(=O)O)C(=O)O)C(=O)O)cc1. The number of carboxylic acid groups (broad SMARTS) is 3. The van der Waals surface area contributed by atoms with Gasteiger partial charge in [-0.05, 0) is 24.1 Å². The minimum Gasteiger partial charge on any atom is -0.481 e. The molecule has 14 heteroatoms. The van der Waals surface area contributed by atoms with Crippen molar-refractivity contribution < 1.29 is 48.5 Å². The van der Waals surface area contributed by atoms with Crippen molar-refractivity contribution in [2.24, 2.45) is 5.73 Å². The number of hydrogen-bond donors (Lipinski definition) is 7. The van der Waals surface area contributed by atoms with Gasteiger partial charge in [-0.1, -0.05) is 12.1 Å². The first-order chi connectivity index (χ1) is 13.9. The third-order valence-corrected chi connectivity index (χ3v) is 4.87. The van der Waals surface area contributed by atoms with E-state index in [1.165, 1.54) is 12.1 Å². The van der Waals surface area contributed by atoms with E-state index in [0.717, 1.165) is 5.56 Å². The molecule has 0 bridgehead atoms. The zero-order valence-corrected chi connectivity index (χ0v) is 16.4. The van der Waals surface area contributed by atoms with Gasteiger partial charge in [0.1, 0.15) is 6.04 Å². The molecule has 166 valence electrons. The van der Waals surface area contributed by atoms with E-state index >= 15 is 0 Å². The number of rotatable bonds is 13. The Morgan fingerprint density at radius 3 is 2.07 bits per heavy atom. The molecule has 0 aliphatic rings. The van der Waals surface area contributed by atoms with E-state index in [-0.39, 0.29) is 12.1 Å². The van der Waals surface area contributed by atoms with E-state index in [2.05, 4.69) is 9.84 Å². The number of aliphatic carboxylic acids is 3. The quantitative estimate of drug-likeness (QED) is 0.187. The fourth-order valence-electron chi connectivity index (χ4n) is 2.13. The Hall–Kier alpha value is -2.83. The van der Waals surface area contributed by atoms with Gasteiger partial charge in [0, 0.05) is 18.5 Å². The standard InChI is InChI=1S/C16H22N3O10P/c17-7-9-1-3-10(4-2-9)14(22)18-12(16(25)26)8-29-30(27,28)19-11(15(23)24)5-6-13(20)21/h1-4,11-12H,5-8,17H2,(H,18,22)(H,20,21)(H,23,24)(H,25,26)(H2,19,27,28)/t11-,12-/m0/s1. The molecule has 1 rings (SSSR count). The second-order valence-corrected chi connectivity index (χ2v) is 7.59. The van der Waals surface area contributed by atoms with Crippen LogP contribution in [0.15, 0.2) is 24.3 Å². The van der Waals surface area contributed by atoms with Gasteiger partial charge >= 0.3 is 25.7 Å². The highest BCUT2D eigenvalue weighted by Crippen LogP contribution is 2.38. The van der Waals surface area contributed by atoms with E-state index in [9.17, 15) is 33.7 Å². The molecule has 0 saturated carbocycles. The predicted molar refractivity (Wildman–Crippen MR) is 100 cm³/mol. The lowest BCUT2D eigenvalue weighted by Crippen LogP contribution is -2.44. The Morgan fingerprint density at radius 1 is 1.03 bits per heavy atom. The number of carboxylic acids is 3. The molecule has 8 N–H and O–H groups in total. The van der Waals surface area contributed by atoms with Gasteiger partial charge in [-0.3, -0.25) is 18.9 Å². The fraction of sp³-hybridized carbons (Fsp3) is 0.375. The summed E-state index contributed by atoms with van der Waals surface area (Å²) in [6.07, 6.45) is -1.11. The van der Waals surface area contributed by atoms with Gasteiger partial charge in [0.2, 0.25) is 0 Å². The van der Waals surface area contributed by atoms with E-state index < -0.39 is 63.1 Å². The lowest BCUT2D eigenvalue weighted by atomic mass is 10.1. The number of nitrogens with one attached hydrogen (secondary N) is 2. The van der Waals surface area contributed by atoms with Crippen LogP contribution in [0, 0.1) is 0 Å². The monoisotopic (exact) mass is 447 g/mol. The van der Waals surface area contributed by atoms with Crippen LogP contribution in [0.25, 0.3) is 0 Å². The molecule has 0 radical (unpaired) electrons. The number of benzene rings is 1. The van der Waals surface area contributed by atoms with Crippen molar-refractivity contribution in [3.63, 3.8) is 0 Å².